The first-order valence-electron chi connectivity index (χ1n) is 12.1. The number of anilines is 4. The second-order valence-corrected chi connectivity index (χ2v) is 9.08. The molecule has 0 atom stereocenters. The quantitative estimate of drug-likeness (QED) is 0.194. The van der Waals surface area contributed by atoms with Gasteiger partial charge in [0.05, 0.1) is 17.4 Å². The Morgan fingerprint density at radius 1 is 0.711 bits per heavy atom. The van der Waals surface area contributed by atoms with E-state index in [9.17, 15) is 9.59 Å². The number of ether oxygens (including phenoxy) is 1. The average Bonchev–Trinajstić information content (AvgIpc) is 2.90. The van der Waals surface area contributed by atoms with Crippen LogP contribution in [0.25, 0.3) is 0 Å². The van der Waals surface area contributed by atoms with Crippen LogP contribution in [0.3, 0.4) is 0 Å². The normalized spacial score (nSPS) is 10.4. The van der Waals surface area contributed by atoms with Crippen LogP contribution in [0.4, 0.5) is 22.7 Å². The summed E-state index contributed by atoms with van der Waals surface area (Å²) in [7, 11) is 0. The first kappa shape index (κ1) is 26.4. The molecule has 0 aliphatic rings. The smallest absolute Gasteiger partial charge is 0.257 e. The Balaban J connectivity index is 1.38. The van der Waals surface area contributed by atoms with Crippen LogP contribution in [0.2, 0.25) is 0 Å². The van der Waals surface area contributed by atoms with Crippen LogP contribution in [0.1, 0.15) is 34.6 Å². The number of hydrogen-bond donors (Lipinski definition) is 4. The maximum atomic E-state index is 13.1. The summed E-state index contributed by atoms with van der Waals surface area (Å²) in [5.74, 6) is -0.107. The summed E-state index contributed by atoms with van der Waals surface area (Å²) in [6.07, 6.45) is -0.0115. The number of rotatable bonds is 8. The molecule has 4 rings (SSSR count). The van der Waals surface area contributed by atoms with Crippen molar-refractivity contribution >= 4 is 51.9 Å². The average molecular weight is 525 g/mol. The lowest BCUT2D eigenvalue weighted by Gasteiger charge is -2.14. The maximum Gasteiger partial charge on any atom is 0.257 e. The fourth-order valence-electron chi connectivity index (χ4n) is 3.63. The third kappa shape index (κ3) is 7.41. The SMILES string of the molecule is CC(C)Oc1cccc(C(=O)NC(=S)Nc2ccccc2C(=O)Nc2ccc(Nc3ccccc3)cc2)c1. The molecule has 0 fully saturated rings. The minimum absolute atomic E-state index is 0.0115. The summed E-state index contributed by atoms with van der Waals surface area (Å²) in [5, 5.41) is 11.9. The Morgan fingerprint density at radius 2 is 1.37 bits per heavy atom. The third-order valence-corrected chi connectivity index (χ3v) is 5.52. The van der Waals surface area contributed by atoms with Gasteiger partial charge < -0.3 is 20.7 Å². The molecule has 0 bridgehead atoms. The van der Waals surface area contributed by atoms with Crippen molar-refractivity contribution in [2.45, 2.75) is 20.0 Å². The molecular formula is C30H28N4O3S. The monoisotopic (exact) mass is 524 g/mol. The predicted octanol–water partition coefficient (Wildman–Crippen LogP) is 6.60. The molecule has 0 radical (unpaired) electrons. The molecule has 0 spiro atoms. The molecule has 0 saturated carbocycles. The van der Waals surface area contributed by atoms with E-state index in [1.54, 1.807) is 48.5 Å². The van der Waals surface area contributed by atoms with Crippen molar-refractivity contribution in [1.82, 2.24) is 5.32 Å². The lowest BCUT2D eigenvalue weighted by Crippen LogP contribution is -2.34. The van der Waals surface area contributed by atoms with Gasteiger partial charge >= 0.3 is 0 Å². The third-order valence-electron chi connectivity index (χ3n) is 5.32. The number of para-hydroxylation sites is 2. The Bertz CT molecular complexity index is 1420. The Kier molecular flexibility index (Phi) is 8.69. The summed E-state index contributed by atoms with van der Waals surface area (Å²) in [6.45, 7) is 3.83. The van der Waals surface area contributed by atoms with Gasteiger partial charge in [-0.1, -0.05) is 36.4 Å². The second-order valence-electron chi connectivity index (χ2n) is 8.67. The molecule has 8 heteroatoms. The fourth-order valence-corrected chi connectivity index (χ4v) is 3.83. The standard InChI is InChI=1S/C30H28N4O3S/c1-20(2)37-25-12-8-9-21(19-25)28(35)34-30(38)33-27-14-7-6-13-26(27)29(36)32-24-17-15-23(16-18-24)31-22-10-4-3-5-11-22/h3-20,31H,1-2H3,(H,32,36)(H2,33,34,35,38). The lowest BCUT2D eigenvalue weighted by molar-refractivity contribution is 0.0976. The molecule has 0 heterocycles. The molecule has 7 nitrogen and oxygen atoms in total. The molecule has 0 unspecified atom stereocenters. The number of nitrogens with one attached hydrogen (secondary N) is 4. The van der Waals surface area contributed by atoms with Gasteiger partial charge in [0.2, 0.25) is 0 Å². The van der Waals surface area contributed by atoms with Gasteiger partial charge in [0.1, 0.15) is 5.75 Å². The molecule has 2 amide bonds. The highest BCUT2D eigenvalue weighted by atomic mass is 32.1. The van der Waals surface area contributed by atoms with Crippen molar-refractivity contribution in [1.29, 1.82) is 0 Å². The first-order chi connectivity index (χ1) is 18.4. The molecule has 0 aliphatic carbocycles. The number of hydrogen-bond acceptors (Lipinski definition) is 5. The minimum atomic E-state index is -0.386. The summed E-state index contributed by atoms with van der Waals surface area (Å²) >= 11 is 5.35. The lowest BCUT2D eigenvalue weighted by atomic mass is 10.1. The van der Waals surface area contributed by atoms with E-state index >= 15 is 0 Å². The molecule has 192 valence electrons. The van der Waals surface area contributed by atoms with Gasteiger partial charge in [-0.3, -0.25) is 14.9 Å². The largest absolute Gasteiger partial charge is 0.491 e. The zero-order valence-corrected chi connectivity index (χ0v) is 21.8. The van der Waals surface area contributed by atoms with E-state index < -0.39 is 0 Å². The van der Waals surface area contributed by atoms with Crippen molar-refractivity contribution in [2.75, 3.05) is 16.0 Å². The van der Waals surface area contributed by atoms with Crippen molar-refractivity contribution < 1.29 is 14.3 Å². The zero-order chi connectivity index (χ0) is 26.9. The van der Waals surface area contributed by atoms with E-state index in [-0.39, 0.29) is 23.0 Å². The highest BCUT2D eigenvalue weighted by molar-refractivity contribution is 7.80. The van der Waals surface area contributed by atoms with E-state index in [0.29, 0.717) is 28.3 Å². The predicted molar refractivity (Wildman–Crippen MR) is 156 cm³/mol. The molecule has 0 saturated heterocycles. The van der Waals surface area contributed by atoms with E-state index in [2.05, 4.69) is 21.3 Å². The fraction of sp³-hybridized carbons (Fsp3) is 0.100. The Morgan fingerprint density at radius 3 is 2.11 bits per heavy atom. The highest BCUT2D eigenvalue weighted by Crippen LogP contribution is 2.21. The van der Waals surface area contributed by atoms with Gasteiger partial charge in [-0.15, -0.1) is 0 Å². The van der Waals surface area contributed by atoms with Crippen LogP contribution in [0.5, 0.6) is 5.75 Å². The van der Waals surface area contributed by atoms with Crippen LogP contribution < -0.4 is 26.0 Å². The van der Waals surface area contributed by atoms with E-state index in [1.807, 2.05) is 68.4 Å². The number of benzene rings is 4. The topological polar surface area (TPSA) is 91.5 Å². The van der Waals surface area contributed by atoms with Gasteiger partial charge in [-0.25, -0.2) is 0 Å². The second kappa shape index (κ2) is 12.5. The van der Waals surface area contributed by atoms with Crippen molar-refractivity contribution in [3.63, 3.8) is 0 Å². The van der Waals surface area contributed by atoms with Gasteiger partial charge in [-0.2, -0.15) is 0 Å². The Labute approximate surface area is 227 Å². The van der Waals surface area contributed by atoms with Gasteiger partial charge in [0, 0.05) is 22.6 Å². The van der Waals surface area contributed by atoms with E-state index in [0.717, 1.165) is 11.4 Å². The van der Waals surface area contributed by atoms with Crippen molar-refractivity contribution in [3.05, 3.63) is 114 Å². The molecule has 4 aromatic carbocycles. The summed E-state index contributed by atoms with van der Waals surface area (Å²) < 4.78 is 5.65. The maximum absolute atomic E-state index is 13.1. The van der Waals surface area contributed by atoms with Crippen LogP contribution in [0, 0.1) is 0 Å². The van der Waals surface area contributed by atoms with Crippen LogP contribution in [0.15, 0.2) is 103 Å². The summed E-state index contributed by atoms with van der Waals surface area (Å²) in [5.41, 5.74) is 3.77. The molecular weight excluding hydrogens is 496 g/mol. The van der Waals surface area contributed by atoms with Gasteiger partial charge in [-0.05, 0) is 92.8 Å². The van der Waals surface area contributed by atoms with E-state index in [4.69, 9.17) is 17.0 Å². The van der Waals surface area contributed by atoms with Crippen LogP contribution in [-0.2, 0) is 0 Å². The van der Waals surface area contributed by atoms with Crippen LogP contribution in [-0.4, -0.2) is 23.0 Å². The number of carbonyl (C=O) groups excluding carboxylic acids is 2. The molecule has 4 N–H and O–H groups in total. The zero-order valence-electron chi connectivity index (χ0n) is 21.0. The van der Waals surface area contributed by atoms with Crippen molar-refractivity contribution in [2.24, 2.45) is 0 Å². The molecule has 0 aliphatic heterocycles. The first-order valence-corrected chi connectivity index (χ1v) is 12.5. The van der Waals surface area contributed by atoms with Gasteiger partial charge in [0.15, 0.2) is 5.11 Å². The molecule has 38 heavy (non-hydrogen) atoms. The number of thiocarbonyl (C=S) groups is 1. The van der Waals surface area contributed by atoms with Gasteiger partial charge in [0.25, 0.3) is 11.8 Å². The Hall–Kier alpha value is -4.69. The van der Waals surface area contributed by atoms with E-state index in [1.165, 1.54) is 0 Å². The number of carbonyl (C=O) groups is 2. The van der Waals surface area contributed by atoms with Crippen LogP contribution >= 0.6 is 12.2 Å². The summed E-state index contributed by atoms with van der Waals surface area (Å²) in [4.78, 5) is 25.8. The highest BCUT2D eigenvalue weighted by Gasteiger charge is 2.14. The molecule has 4 aromatic rings. The minimum Gasteiger partial charge on any atom is -0.491 e. The van der Waals surface area contributed by atoms with Crippen molar-refractivity contribution in [3.8, 4) is 5.75 Å². The summed E-state index contributed by atoms with van der Waals surface area (Å²) in [6, 6.07) is 31.0. The number of amides is 2. The molecule has 0 aromatic heterocycles.